The molecule has 3 aromatic carbocycles. The molecule has 192 valence electrons. The summed E-state index contributed by atoms with van der Waals surface area (Å²) in [5.74, 6) is -10.4. The smallest absolute Gasteiger partial charge is 0.432 e. The Balaban J connectivity index is 1.69. The molecule has 0 bridgehead atoms. The SMILES string of the molecule is CC1COc2cc(-c3cc(F)c(C(F)(F)Oc4cc(F)c(C(F)(F)F)c(F)c4)c(F)c3)c(F)cc2C1. The molecule has 0 radical (unpaired) electrons. The molecule has 1 unspecified atom stereocenters. The van der Waals surface area contributed by atoms with Crippen molar-refractivity contribution in [2.75, 3.05) is 6.61 Å². The van der Waals surface area contributed by atoms with E-state index in [2.05, 4.69) is 4.74 Å². The molecule has 1 atom stereocenters. The van der Waals surface area contributed by atoms with Gasteiger partial charge in [0.2, 0.25) is 0 Å². The average molecular weight is 524 g/mol. The fourth-order valence-corrected chi connectivity index (χ4v) is 3.86. The van der Waals surface area contributed by atoms with Crippen molar-refractivity contribution in [3.63, 3.8) is 0 Å². The van der Waals surface area contributed by atoms with E-state index in [1.807, 2.05) is 6.92 Å². The average Bonchev–Trinajstić information content (AvgIpc) is 2.70. The Morgan fingerprint density at radius 3 is 1.86 bits per heavy atom. The van der Waals surface area contributed by atoms with Gasteiger partial charge in [-0.3, -0.25) is 0 Å². The van der Waals surface area contributed by atoms with E-state index in [4.69, 9.17) is 4.74 Å². The summed E-state index contributed by atoms with van der Waals surface area (Å²) in [7, 11) is 0. The summed E-state index contributed by atoms with van der Waals surface area (Å²) < 4.78 is 148. The Labute approximate surface area is 197 Å². The van der Waals surface area contributed by atoms with Gasteiger partial charge in [-0.2, -0.15) is 22.0 Å². The van der Waals surface area contributed by atoms with Gasteiger partial charge >= 0.3 is 12.3 Å². The van der Waals surface area contributed by atoms with Crippen molar-refractivity contribution in [2.24, 2.45) is 5.92 Å². The third-order valence-electron chi connectivity index (χ3n) is 5.43. The molecular formula is C24H14F10O2. The minimum Gasteiger partial charge on any atom is -0.493 e. The van der Waals surface area contributed by atoms with Crippen molar-refractivity contribution in [3.05, 3.63) is 82.2 Å². The fraction of sp³-hybridized carbons (Fsp3) is 0.250. The molecular weight excluding hydrogens is 510 g/mol. The van der Waals surface area contributed by atoms with Gasteiger partial charge in [0.1, 0.15) is 51.7 Å². The quantitative estimate of drug-likeness (QED) is 0.325. The van der Waals surface area contributed by atoms with E-state index in [0.29, 0.717) is 30.7 Å². The van der Waals surface area contributed by atoms with E-state index in [1.165, 1.54) is 6.07 Å². The maximum atomic E-state index is 14.6. The largest absolute Gasteiger partial charge is 0.493 e. The molecule has 36 heavy (non-hydrogen) atoms. The summed E-state index contributed by atoms with van der Waals surface area (Å²) in [6.07, 6.45) is -9.90. The van der Waals surface area contributed by atoms with Gasteiger partial charge in [0.15, 0.2) is 0 Å². The number of ether oxygens (including phenoxy) is 2. The lowest BCUT2D eigenvalue weighted by Crippen LogP contribution is -2.25. The molecule has 4 rings (SSSR count). The molecule has 0 saturated carbocycles. The molecule has 0 aromatic heterocycles. The van der Waals surface area contributed by atoms with E-state index >= 15 is 0 Å². The second kappa shape index (κ2) is 8.90. The monoisotopic (exact) mass is 524 g/mol. The van der Waals surface area contributed by atoms with Crippen molar-refractivity contribution in [2.45, 2.75) is 25.6 Å². The molecule has 0 N–H and O–H groups in total. The van der Waals surface area contributed by atoms with Gasteiger partial charge in [-0.05, 0) is 47.7 Å². The zero-order chi connectivity index (χ0) is 26.6. The molecule has 0 spiro atoms. The van der Waals surface area contributed by atoms with Gasteiger partial charge in [0, 0.05) is 17.7 Å². The van der Waals surface area contributed by atoms with E-state index in [9.17, 15) is 43.9 Å². The number of hydrogen-bond donors (Lipinski definition) is 0. The van der Waals surface area contributed by atoms with Crippen molar-refractivity contribution >= 4 is 0 Å². The number of halogens is 10. The highest BCUT2D eigenvalue weighted by Crippen LogP contribution is 2.41. The molecule has 0 amide bonds. The normalized spacial score (nSPS) is 15.9. The summed E-state index contributed by atoms with van der Waals surface area (Å²) in [5, 5.41) is 0. The standard InChI is InChI=1S/C24H14F10O2/c1-10-2-12-5-15(25)14(8-20(12)35-9-10)11-3-16(26)22(17(27)4-11)24(33,34)36-13-6-18(28)21(19(29)7-13)23(30,31)32/h3-8,10H,2,9H2,1H3. The predicted molar refractivity (Wildman–Crippen MR) is 106 cm³/mol. The van der Waals surface area contributed by atoms with Crippen LogP contribution in [-0.2, 0) is 18.7 Å². The fourth-order valence-electron chi connectivity index (χ4n) is 3.86. The summed E-state index contributed by atoms with van der Waals surface area (Å²) in [4.78, 5) is 0. The van der Waals surface area contributed by atoms with Crippen LogP contribution >= 0.6 is 0 Å². The Hall–Kier alpha value is -3.44. The zero-order valence-corrected chi connectivity index (χ0v) is 18.1. The summed E-state index contributed by atoms with van der Waals surface area (Å²) >= 11 is 0. The highest BCUT2D eigenvalue weighted by molar-refractivity contribution is 5.68. The minimum absolute atomic E-state index is 0.103. The van der Waals surface area contributed by atoms with Gasteiger partial charge in [-0.15, -0.1) is 0 Å². The van der Waals surface area contributed by atoms with Crippen LogP contribution in [-0.4, -0.2) is 6.61 Å². The molecule has 12 heteroatoms. The van der Waals surface area contributed by atoms with E-state index in [0.717, 1.165) is 6.07 Å². The van der Waals surface area contributed by atoms with Gasteiger partial charge in [-0.25, -0.2) is 22.0 Å². The zero-order valence-electron chi connectivity index (χ0n) is 18.1. The van der Waals surface area contributed by atoms with Crippen LogP contribution in [0.2, 0.25) is 0 Å². The third-order valence-corrected chi connectivity index (χ3v) is 5.43. The number of benzene rings is 3. The second-order valence-electron chi connectivity index (χ2n) is 8.25. The van der Waals surface area contributed by atoms with Crippen LogP contribution in [0.4, 0.5) is 43.9 Å². The number of hydrogen-bond acceptors (Lipinski definition) is 2. The van der Waals surface area contributed by atoms with Crippen LogP contribution in [0.25, 0.3) is 11.1 Å². The minimum atomic E-state index is -5.47. The molecule has 0 fully saturated rings. The third kappa shape index (κ3) is 4.80. The predicted octanol–water partition coefficient (Wildman–Crippen LogP) is 7.77. The Morgan fingerprint density at radius 1 is 0.750 bits per heavy atom. The van der Waals surface area contributed by atoms with Crippen LogP contribution < -0.4 is 9.47 Å². The van der Waals surface area contributed by atoms with Crippen LogP contribution in [0.5, 0.6) is 11.5 Å². The number of alkyl halides is 5. The van der Waals surface area contributed by atoms with Gasteiger partial charge in [-0.1, -0.05) is 6.92 Å². The molecule has 0 saturated heterocycles. The maximum absolute atomic E-state index is 14.6. The van der Waals surface area contributed by atoms with Crippen molar-refractivity contribution < 1.29 is 53.4 Å². The lowest BCUT2D eigenvalue weighted by atomic mass is 9.94. The van der Waals surface area contributed by atoms with E-state index in [1.54, 1.807) is 0 Å². The van der Waals surface area contributed by atoms with Crippen molar-refractivity contribution in [1.82, 2.24) is 0 Å². The van der Waals surface area contributed by atoms with Crippen molar-refractivity contribution in [3.8, 4) is 22.6 Å². The highest BCUT2D eigenvalue weighted by atomic mass is 19.4. The molecule has 1 aliphatic rings. The summed E-state index contributed by atoms with van der Waals surface area (Å²) in [5.41, 5.74) is -4.65. The first-order valence-electron chi connectivity index (χ1n) is 10.3. The molecule has 3 aromatic rings. The molecule has 2 nitrogen and oxygen atoms in total. The van der Waals surface area contributed by atoms with E-state index in [-0.39, 0.29) is 29.4 Å². The summed E-state index contributed by atoms with van der Waals surface area (Å²) in [6.45, 7) is 2.18. The first-order chi connectivity index (χ1) is 16.7. The Bertz CT molecular complexity index is 1290. The van der Waals surface area contributed by atoms with Crippen LogP contribution in [0.3, 0.4) is 0 Å². The van der Waals surface area contributed by atoms with Gasteiger partial charge in [0.25, 0.3) is 0 Å². The molecule has 1 heterocycles. The Morgan fingerprint density at radius 2 is 1.31 bits per heavy atom. The van der Waals surface area contributed by atoms with Crippen LogP contribution in [0.15, 0.2) is 36.4 Å². The summed E-state index contributed by atoms with van der Waals surface area (Å²) in [6, 6.07) is 2.66. The lowest BCUT2D eigenvalue weighted by molar-refractivity contribution is -0.189. The van der Waals surface area contributed by atoms with Crippen LogP contribution in [0.1, 0.15) is 23.6 Å². The first kappa shape index (κ1) is 25.6. The Kier molecular flexibility index (Phi) is 6.34. The van der Waals surface area contributed by atoms with E-state index < -0.39 is 63.8 Å². The molecule has 1 aliphatic heterocycles. The van der Waals surface area contributed by atoms with Gasteiger partial charge < -0.3 is 9.47 Å². The van der Waals surface area contributed by atoms with Crippen molar-refractivity contribution in [1.29, 1.82) is 0 Å². The second-order valence-corrected chi connectivity index (χ2v) is 8.25. The highest BCUT2D eigenvalue weighted by Gasteiger charge is 2.43. The van der Waals surface area contributed by atoms with Gasteiger partial charge in [0.05, 0.1) is 6.61 Å². The lowest BCUT2D eigenvalue weighted by Gasteiger charge is -2.24. The molecule has 0 aliphatic carbocycles. The maximum Gasteiger partial charge on any atom is 0.432 e. The first-order valence-corrected chi connectivity index (χ1v) is 10.3. The van der Waals surface area contributed by atoms with Crippen LogP contribution in [0, 0.1) is 35.0 Å². The number of rotatable bonds is 4. The number of fused-ring (bicyclic) bond motifs is 1. The topological polar surface area (TPSA) is 18.5 Å².